The van der Waals surface area contributed by atoms with Crippen molar-refractivity contribution >= 4 is 29.2 Å². The summed E-state index contributed by atoms with van der Waals surface area (Å²) >= 11 is 5.90. The SMILES string of the molecule is CC(C)(C)OC(=O)N[C@H]1CC[C@H](Nc2ccc3ncc(-c4ccc(Cl)nc4)n3n2)CC1. The molecular formula is C22H27ClN6O2. The molecule has 3 aromatic rings. The number of aromatic nitrogens is 4. The summed E-state index contributed by atoms with van der Waals surface area (Å²) in [6, 6.07) is 7.98. The average Bonchev–Trinajstić information content (AvgIpc) is 3.12. The summed E-state index contributed by atoms with van der Waals surface area (Å²) in [5.41, 5.74) is 2.03. The maximum atomic E-state index is 12.0. The van der Waals surface area contributed by atoms with E-state index in [4.69, 9.17) is 21.4 Å². The second kappa shape index (κ2) is 8.70. The molecule has 1 amide bonds. The summed E-state index contributed by atoms with van der Waals surface area (Å²) in [6.45, 7) is 5.60. The Bertz CT molecular complexity index is 1050. The van der Waals surface area contributed by atoms with Gasteiger partial charge in [0.2, 0.25) is 0 Å². The number of halogens is 1. The van der Waals surface area contributed by atoms with Gasteiger partial charge in [-0.05, 0) is 70.7 Å². The zero-order chi connectivity index (χ0) is 22.0. The van der Waals surface area contributed by atoms with Gasteiger partial charge in [-0.25, -0.2) is 19.3 Å². The average molecular weight is 443 g/mol. The summed E-state index contributed by atoms with van der Waals surface area (Å²) < 4.78 is 7.16. The quantitative estimate of drug-likeness (QED) is 0.569. The van der Waals surface area contributed by atoms with Crippen LogP contribution in [0.5, 0.6) is 0 Å². The second-order valence-corrected chi connectivity index (χ2v) is 9.23. The lowest BCUT2D eigenvalue weighted by atomic mass is 9.91. The largest absolute Gasteiger partial charge is 0.444 e. The number of imidazole rings is 1. The molecule has 1 fully saturated rings. The van der Waals surface area contributed by atoms with Crippen LogP contribution in [-0.2, 0) is 4.74 Å². The minimum absolute atomic E-state index is 0.140. The third-order valence-corrected chi connectivity index (χ3v) is 5.41. The van der Waals surface area contributed by atoms with Crippen LogP contribution >= 0.6 is 11.6 Å². The molecule has 8 nitrogen and oxygen atoms in total. The van der Waals surface area contributed by atoms with Crippen LogP contribution in [-0.4, -0.2) is 43.4 Å². The van der Waals surface area contributed by atoms with Crippen LogP contribution in [0, 0.1) is 0 Å². The van der Waals surface area contributed by atoms with Crippen LogP contribution in [0.1, 0.15) is 46.5 Å². The van der Waals surface area contributed by atoms with Crippen molar-refractivity contribution in [3.05, 3.63) is 41.8 Å². The van der Waals surface area contributed by atoms with E-state index < -0.39 is 5.60 Å². The van der Waals surface area contributed by atoms with E-state index in [1.807, 2.05) is 43.5 Å². The molecule has 1 aliphatic carbocycles. The van der Waals surface area contributed by atoms with Crippen LogP contribution in [0.25, 0.3) is 16.9 Å². The van der Waals surface area contributed by atoms with Crippen molar-refractivity contribution in [2.24, 2.45) is 0 Å². The number of amides is 1. The molecule has 0 atom stereocenters. The number of carbonyl (C=O) groups excluding carboxylic acids is 1. The fraction of sp³-hybridized carbons (Fsp3) is 0.455. The number of fused-ring (bicyclic) bond motifs is 1. The smallest absolute Gasteiger partial charge is 0.407 e. The van der Waals surface area contributed by atoms with E-state index in [0.717, 1.165) is 48.4 Å². The van der Waals surface area contributed by atoms with Gasteiger partial charge in [0.1, 0.15) is 16.6 Å². The van der Waals surface area contributed by atoms with Crippen molar-refractivity contribution in [2.75, 3.05) is 5.32 Å². The zero-order valence-corrected chi connectivity index (χ0v) is 18.7. The number of anilines is 1. The van der Waals surface area contributed by atoms with Crippen LogP contribution in [0.2, 0.25) is 5.15 Å². The first kappa shape index (κ1) is 21.4. The summed E-state index contributed by atoms with van der Waals surface area (Å²) in [4.78, 5) is 20.6. The third-order valence-electron chi connectivity index (χ3n) is 5.19. The fourth-order valence-corrected chi connectivity index (χ4v) is 3.85. The first-order valence-electron chi connectivity index (χ1n) is 10.5. The molecule has 0 aliphatic heterocycles. The minimum atomic E-state index is -0.485. The van der Waals surface area contributed by atoms with Crippen molar-refractivity contribution < 1.29 is 9.53 Å². The molecule has 1 aliphatic rings. The summed E-state index contributed by atoms with van der Waals surface area (Å²) in [7, 11) is 0. The van der Waals surface area contributed by atoms with Gasteiger partial charge in [0.15, 0.2) is 5.65 Å². The number of alkyl carbamates (subject to hydrolysis) is 1. The summed E-state index contributed by atoms with van der Waals surface area (Å²) in [5, 5.41) is 11.7. The molecule has 3 heterocycles. The molecule has 0 aromatic carbocycles. The molecular weight excluding hydrogens is 416 g/mol. The highest BCUT2D eigenvalue weighted by Crippen LogP contribution is 2.24. The number of pyridine rings is 1. The highest BCUT2D eigenvalue weighted by molar-refractivity contribution is 6.29. The Balaban J connectivity index is 1.38. The second-order valence-electron chi connectivity index (χ2n) is 8.84. The van der Waals surface area contributed by atoms with E-state index >= 15 is 0 Å². The maximum Gasteiger partial charge on any atom is 0.407 e. The lowest BCUT2D eigenvalue weighted by molar-refractivity contribution is 0.0492. The predicted octanol–water partition coefficient (Wildman–Crippen LogP) is 4.69. The van der Waals surface area contributed by atoms with E-state index in [0.29, 0.717) is 11.2 Å². The molecule has 0 unspecified atom stereocenters. The first-order valence-corrected chi connectivity index (χ1v) is 10.9. The first-order chi connectivity index (χ1) is 14.8. The Morgan fingerprint density at radius 1 is 1.06 bits per heavy atom. The molecule has 9 heteroatoms. The molecule has 0 saturated heterocycles. The van der Waals surface area contributed by atoms with Gasteiger partial charge >= 0.3 is 6.09 Å². The molecule has 1 saturated carbocycles. The minimum Gasteiger partial charge on any atom is -0.444 e. The number of hydrogen-bond donors (Lipinski definition) is 2. The summed E-state index contributed by atoms with van der Waals surface area (Å²) in [6.07, 6.45) is 6.82. The maximum absolute atomic E-state index is 12.0. The molecule has 0 bridgehead atoms. The van der Waals surface area contributed by atoms with Crippen molar-refractivity contribution in [3.63, 3.8) is 0 Å². The fourth-order valence-electron chi connectivity index (χ4n) is 3.74. The standard InChI is InChI=1S/C22H27ClN6O2/c1-22(2,3)31-21(30)27-16-7-5-15(6-8-16)26-19-10-11-20-25-13-17(29(20)28-19)14-4-9-18(23)24-12-14/h4,9-13,15-16H,5-8H2,1-3H3,(H,26,28)(H,27,30)/t15-,16-. The van der Waals surface area contributed by atoms with Gasteiger partial charge in [-0.15, -0.1) is 5.10 Å². The van der Waals surface area contributed by atoms with Crippen LogP contribution in [0.3, 0.4) is 0 Å². The predicted molar refractivity (Wildman–Crippen MR) is 120 cm³/mol. The topological polar surface area (TPSA) is 93.4 Å². The lowest BCUT2D eigenvalue weighted by Gasteiger charge is -2.30. The van der Waals surface area contributed by atoms with Gasteiger partial charge in [-0.3, -0.25) is 0 Å². The van der Waals surface area contributed by atoms with Crippen molar-refractivity contribution in [1.82, 2.24) is 24.9 Å². The highest BCUT2D eigenvalue weighted by Gasteiger charge is 2.25. The number of nitrogens with zero attached hydrogens (tertiary/aromatic N) is 4. The van der Waals surface area contributed by atoms with E-state index in [2.05, 4.69) is 20.6 Å². The Kier molecular flexibility index (Phi) is 6.00. The molecule has 2 N–H and O–H groups in total. The highest BCUT2D eigenvalue weighted by atomic mass is 35.5. The van der Waals surface area contributed by atoms with Gasteiger partial charge in [-0.2, -0.15) is 0 Å². The Hall–Kier alpha value is -2.87. The number of hydrogen-bond acceptors (Lipinski definition) is 6. The number of ether oxygens (including phenoxy) is 1. The van der Waals surface area contributed by atoms with E-state index in [9.17, 15) is 4.79 Å². The molecule has 3 aromatic heterocycles. The van der Waals surface area contributed by atoms with E-state index in [-0.39, 0.29) is 12.1 Å². The van der Waals surface area contributed by atoms with E-state index in [1.165, 1.54) is 0 Å². The monoisotopic (exact) mass is 442 g/mol. The number of rotatable bonds is 4. The molecule has 4 rings (SSSR count). The number of nitrogens with one attached hydrogen (secondary N) is 2. The van der Waals surface area contributed by atoms with Gasteiger partial charge in [0, 0.05) is 23.8 Å². The lowest BCUT2D eigenvalue weighted by Crippen LogP contribution is -2.42. The zero-order valence-electron chi connectivity index (χ0n) is 17.9. The van der Waals surface area contributed by atoms with Crippen molar-refractivity contribution in [2.45, 2.75) is 64.1 Å². The Morgan fingerprint density at radius 2 is 1.81 bits per heavy atom. The van der Waals surface area contributed by atoms with Crippen LogP contribution in [0.4, 0.5) is 10.6 Å². The normalized spacial score (nSPS) is 19.2. The van der Waals surface area contributed by atoms with Crippen molar-refractivity contribution in [1.29, 1.82) is 0 Å². The third kappa shape index (κ3) is 5.44. The van der Waals surface area contributed by atoms with Crippen LogP contribution in [0.15, 0.2) is 36.7 Å². The van der Waals surface area contributed by atoms with Gasteiger partial charge in [0.25, 0.3) is 0 Å². The van der Waals surface area contributed by atoms with Crippen LogP contribution < -0.4 is 10.6 Å². The van der Waals surface area contributed by atoms with E-state index in [1.54, 1.807) is 18.5 Å². The molecule has 31 heavy (non-hydrogen) atoms. The summed E-state index contributed by atoms with van der Waals surface area (Å²) in [5.74, 6) is 0.789. The Morgan fingerprint density at radius 3 is 2.48 bits per heavy atom. The van der Waals surface area contributed by atoms with Gasteiger partial charge < -0.3 is 15.4 Å². The molecule has 164 valence electrons. The number of carbonyl (C=O) groups is 1. The van der Waals surface area contributed by atoms with Gasteiger partial charge in [0.05, 0.1) is 11.9 Å². The van der Waals surface area contributed by atoms with Gasteiger partial charge in [-0.1, -0.05) is 11.6 Å². The van der Waals surface area contributed by atoms with Crippen molar-refractivity contribution in [3.8, 4) is 11.3 Å². The molecule has 0 spiro atoms. The molecule has 0 radical (unpaired) electrons. The Labute approximate surface area is 186 Å².